The number of nitrogens with zero attached hydrogens (tertiary/aromatic N) is 2. The number of carbonyl (C=O) groups excluding carboxylic acids is 4. The summed E-state index contributed by atoms with van der Waals surface area (Å²) < 4.78 is 31.7. The monoisotopic (exact) mass is 440 g/mol. The zero-order valence-corrected chi connectivity index (χ0v) is 18.0. The van der Waals surface area contributed by atoms with Gasteiger partial charge in [-0.2, -0.15) is 0 Å². The van der Waals surface area contributed by atoms with E-state index in [0.29, 0.717) is 9.80 Å². The summed E-state index contributed by atoms with van der Waals surface area (Å²) in [7, 11) is -4.28. The van der Waals surface area contributed by atoms with Gasteiger partial charge in [-0.25, -0.2) is 9.59 Å². The summed E-state index contributed by atoms with van der Waals surface area (Å²) in [6.45, 7) is 5.03. The molecule has 0 atom stereocenters. The molecule has 0 spiro atoms. The van der Waals surface area contributed by atoms with Gasteiger partial charge in [0.2, 0.25) is 7.37 Å². The molecule has 0 saturated heterocycles. The zero-order chi connectivity index (χ0) is 22.4. The molecular formula is C16H29N2O10P. The van der Waals surface area contributed by atoms with Crippen molar-refractivity contribution in [3.8, 4) is 0 Å². The average molecular weight is 440 g/mol. The lowest BCUT2D eigenvalue weighted by Crippen LogP contribution is -2.41. The van der Waals surface area contributed by atoms with Gasteiger partial charge in [-0.05, 0) is 27.7 Å². The maximum atomic E-state index is 12.7. The predicted molar refractivity (Wildman–Crippen MR) is 100 cm³/mol. The van der Waals surface area contributed by atoms with Gasteiger partial charge in [0.15, 0.2) is 0 Å². The van der Waals surface area contributed by atoms with Crippen molar-refractivity contribution in [3.63, 3.8) is 0 Å². The van der Waals surface area contributed by atoms with Crippen molar-refractivity contribution in [1.82, 2.24) is 9.80 Å². The van der Waals surface area contributed by atoms with E-state index in [0.717, 1.165) is 0 Å². The lowest BCUT2D eigenvalue weighted by molar-refractivity contribution is -0.144. The smallest absolute Gasteiger partial charge is 0.410 e. The second kappa shape index (κ2) is 13.8. The summed E-state index contributed by atoms with van der Waals surface area (Å²) in [5.74, 6) is -1.59. The summed E-state index contributed by atoms with van der Waals surface area (Å²) in [4.78, 5) is 59.2. The van der Waals surface area contributed by atoms with Crippen LogP contribution in [-0.4, -0.2) is 90.9 Å². The standard InChI is InChI=1S/C16H29N2O10P/c1-5-25-13(19)9-17(15(21)27-7-3)11-29(23,24)12-18(16(22)28-8-4)10-14(20)26-6-2/h5-12H2,1-4H3,(H,23,24). The minimum atomic E-state index is -4.28. The van der Waals surface area contributed by atoms with Gasteiger partial charge in [-0.15, -0.1) is 0 Å². The molecule has 0 aromatic carbocycles. The zero-order valence-electron chi connectivity index (χ0n) is 17.1. The normalized spacial score (nSPS) is 10.7. The molecule has 0 aliphatic rings. The van der Waals surface area contributed by atoms with Gasteiger partial charge in [0.05, 0.1) is 26.4 Å². The Kier molecular flexibility index (Phi) is 12.7. The molecule has 13 heteroatoms. The van der Waals surface area contributed by atoms with Crippen molar-refractivity contribution in [2.24, 2.45) is 0 Å². The molecule has 168 valence electrons. The third kappa shape index (κ3) is 11.3. The Bertz CT molecular complexity index is 565. The number of ether oxygens (including phenoxy) is 4. The van der Waals surface area contributed by atoms with E-state index in [4.69, 9.17) is 18.9 Å². The molecule has 2 amide bonds. The molecule has 0 rings (SSSR count). The Labute approximate surface area is 169 Å². The van der Waals surface area contributed by atoms with Crippen LogP contribution in [0.3, 0.4) is 0 Å². The molecule has 0 heterocycles. The fourth-order valence-electron chi connectivity index (χ4n) is 2.08. The van der Waals surface area contributed by atoms with E-state index in [1.165, 1.54) is 13.8 Å². The molecular weight excluding hydrogens is 411 g/mol. The van der Waals surface area contributed by atoms with Crippen LogP contribution in [0.5, 0.6) is 0 Å². The van der Waals surface area contributed by atoms with Crippen LogP contribution in [0, 0.1) is 0 Å². The highest BCUT2D eigenvalue weighted by atomic mass is 31.2. The quantitative estimate of drug-likeness (QED) is 0.267. The summed E-state index contributed by atoms with van der Waals surface area (Å²) in [5, 5.41) is 0. The molecule has 0 aromatic heterocycles. The third-order valence-corrected chi connectivity index (χ3v) is 4.65. The Balaban J connectivity index is 5.37. The molecule has 0 unspecified atom stereocenters. The second-order valence-electron chi connectivity index (χ2n) is 5.53. The highest BCUT2D eigenvalue weighted by Crippen LogP contribution is 2.42. The molecule has 0 fully saturated rings. The number of hydrogen-bond donors (Lipinski definition) is 1. The van der Waals surface area contributed by atoms with Crippen LogP contribution >= 0.6 is 7.37 Å². The van der Waals surface area contributed by atoms with Crippen LogP contribution in [0.25, 0.3) is 0 Å². The van der Waals surface area contributed by atoms with Gasteiger partial charge < -0.3 is 23.8 Å². The number of rotatable bonds is 12. The van der Waals surface area contributed by atoms with Crippen LogP contribution in [0.1, 0.15) is 27.7 Å². The first-order chi connectivity index (χ1) is 13.6. The van der Waals surface area contributed by atoms with Crippen LogP contribution in [-0.2, 0) is 33.1 Å². The molecule has 0 aromatic rings. The van der Waals surface area contributed by atoms with Gasteiger partial charge in [0.1, 0.15) is 25.7 Å². The first kappa shape index (κ1) is 26.7. The van der Waals surface area contributed by atoms with Crippen molar-refractivity contribution in [2.45, 2.75) is 27.7 Å². The molecule has 1 N–H and O–H groups in total. The van der Waals surface area contributed by atoms with Gasteiger partial charge in [-0.3, -0.25) is 24.0 Å². The lowest BCUT2D eigenvalue weighted by atomic mass is 10.6. The Morgan fingerprint density at radius 1 is 0.690 bits per heavy atom. The number of esters is 2. The summed E-state index contributed by atoms with van der Waals surface area (Å²) in [5.41, 5.74) is 0. The molecule has 0 radical (unpaired) electrons. The minimum Gasteiger partial charge on any atom is -0.465 e. The van der Waals surface area contributed by atoms with Crippen LogP contribution in [0.2, 0.25) is 0 Å². The Morgan fingerprint density at radius 3 is 1.28 bits per heavy atom. The first-order valence-electron chi connectivity index (χ1n) is 9.05. The number of amides is 2. The van der Waals surface area contributed by atoms with Crippen molar-refractivity contribution in [3.05, 3.63) is 0 Å². The molecule has 0 bridgehead atoms. The maximum Gasteiger partial charge on any atom is 0.410 e. The molecule has 12 nitrogen and oxygen atoms in total. The SMILES string of the molecule is CCOC(=O)CN(CP(=O)(O)CN(CC(=O)OCC)C(=O)OCC)C(=O)OCC. The highest BCUT2D eigenvalue weighted by molar-refractivity contribution is 7.57. The van der Waals surface area contributed by atoms with Gasteiger partial charge in [0, 0.05) is 0 Å². The van der Waals surface area contributed by atoms with E-state index in [1.807, 2.05) is 0 Å². The summed E-state index contributed by atoms with van der Waals surface area (Å²) in [6.07, 6.45) is -3.60. The van der Waals surface area contributed by atoms with E-state index in [2.05, 4.69) is 0 Å². The van der Waals surface area contributed by atoms with Gasteiger partial charge in [-0.1, -0.05) is 0 Å². The van der Waals surface area contributed by atoms with Crippen LogP contribution in [0.4, 0.5) is 9.59 Å². The average Bonchev–Trinajstić information content (AvgIpc) is 2.61. The first-order valence-corrected chi connectivity index (χ1v) is 11.1. The fraction of sp³-hybridized carbons (Fsp3) is 0.750. The summed E-state index contributed by atoms with van der Waals surface area (Å²) in [6, 6.07) is 0. The van der Waals surface area contributed by atoms with Crippen molar-refractivity contribution < 1.29 is 47.6 Å². The van der Waals surface area contributed by atoms with Gasteiger partial charge in [0.25, 0.3) is 0 Å². The van der Waals surface area contributed by atoms with Crippen molar-refractivity contribution in [2.75, 3.05) is 52.1 Å². The third-order valence-electron chi connectivity index (χ3n) is 3.09. The maximum absolute atomic E-state index is 12.7. The molecule has 0 saturated carbocycles. The van der Waals surface area contributed by atoms with Gasteiger partial charge >= 0.3 is 24.1 Å². The molecule has 29 heavy (non-hydrogen) atoms. The number of carbonyl (C=O) groups is 4. The largest absolute Gasteiger partial charge is 0.465 e. The topological polar surface area (TPSA) is 149 Å². The second-order valence-corrected chi connectivity index (χ2v) is 7.79. The number of hydrogen-bond acceptors (Lipinski definition) is 9. The van der Waals surface area contributed by atoms with Crippen molar-refractivity contribution >= 4 is 31.5 Å². The van der Waals surface area contributed by atoms with Crippen LogP contribution < -0.4 is 0 Å². The van der Waals surface area contributed by atoms with Crippen molar-refractivity contribution in [1.29, 1.82) is 0 Å². The Morgan fingerprint density at radius 2 is 1.00 bits per heavy atom. The van der Waals surface area contributed by atoms with E-state index in [1.54, 1.807) is 13.8 Å². The highest BCUT2D eigenvalue weighted by Gasteiger charge is 2.33. The van der Waals surface area contributed by atoms with E-state index in [-0.39, 0.29) is 26.4 Å². The molecule has 0 aliphatic heterocycles. The van der Waals surface area contributed by atoms with E-state index < -0.39 is 57.2 Å². The molecule has 0 aliphatic carbocycles. The lowest BCUT2D eigenvalue weighted by Gasteiger charge is -2.27. The van der Waals surface area contributed by atoms with E-state index >= 15 is 0 Å². The van der Waals surface area contributed by atoms with E-state index in [9.17, 15) is 28.6 Å². The van der Waals surface area contributed by atoms with Crippen LogP contribution in [0.15, 0.2) is 0 Å². The predicted octanol–water partition coefficient (Wildman–Crippen LogP) is 1.22. The Hall–Kier alpha value is -2.33. The summed E-state index contributed by atoms with van der Waals surface area (Å²) >= 11 is 0. The fourth-order valence-corrected chi connectivity index (χ4v) is 3.66. The minimum absolute atomic E-state index is 0.0221.